The van der Waals surface area contributed by atoms with Crippen molar-refractivity contribution >= 4 is 51.8 Å². The summed E-state index contributed by atoms with van der Waals surface area (Å²) < 4.78 is 5.17. The summed E-state index contributed by atoms with van der Waals surface area (Å²) in [6.45, 7) is 0. The maximum Gasteiger partial charge on any atom is 0.269 e. The second-order valence-electron chi connectivity index (χ2n) is 8.91. The van der Waals surface area contributed by atoms with E-state index in [4.69, 9.17) is 27.9 Å². The van der Waals surface area contributed by atoms with E-state index in [1.807, 2.05) is 0 Å². The molecule has 0 bridgehead atoms. The van der Waals surface area contributed by atoms with Gasteiger partial charge in [0.05, 0.1) is 24.2 Å². The van der Waals surface area contributed by atoms with Crippen molar-refractivity contribution in [1.82, 2.24) is 4.98 Å². The molecule has 0 saturated heterocycles. The Morgan fingerprint density at radius 1 is 0.900 bits per heavy atom. The third-order valence-corrected chi connectivity index (χ3v) is 7.91. The van der Waals surface area contributed by atoms with E-state index >= 15 is 0 Å². The Hall–Kier alpha value is -5.03. The van der Waals surface area contributed by atoms with E-state index < -0.39 is 48.7 Å². The number of fused-ring (bicyclic) bond motifs is 1. The van der Waals surface area contributed by atoms with E-state index in [0.717, 1.165) is 24.3 Å². The number of hydrogen-bond acceptors (Lipinski definition) is 8. The zero-order valence-corrected chi connectivity index (χ0v) is 21.8. The van der Waals surface area contributed by atoms with Crippen LogP contribution in [-0.4, -0.2) is 34.4 Å². The number of nitro benzene ring substituents is 1. The Balaban J connectivity index is 1.77. The molecule has 0 saturated carbocycles. The molecule has 1 N–H and O–H groups in total. The zero-order valence-electron chi connectivity index (χ0n) is 20.3. The van der Waals surface area contributed by atoms with Crippen molar-refractivity contribution in [3.63, 3.8) is 0 Å². The van der Waals surface area contributed by atoms with E-state index in [1.165, 1.54) is 13.2 Å². The average Bonchev–Trinajstić information content (AvgIpc) is 3.45. The number of nitriles is 2. The fraction of sp³-hybridized carbons (Fsp3) is 0.107. The fourth-order valence-corrected chi connectivity index (χ4v) is 5.60. The van der Waals surface area contributed by atoms with Crippen molar-refractivity contribution in [3.05, 3.63) is 97.7 Å². The van der Waals surface area contributed by atoms with Crippen LogP contribution in [0.15, 0.2) is 76.3 Å². The van der Waals surface area contributed by atoms with Gasteiger partial charge in [-0.15, -0.1) is 0 Å². The molecule has 2 aliphatic carbocycles. The van der Waals surface area contributed by atoms with E-state index in [2.05, 4.69) is 4.98 Å². The highest BCUT2D eigenvalue weighted by Crippen LogP contribution is 2.69. The van der Waals surface area contributed by atoms with Crippen molar-refractivity contribution in [3.8, 4) is 29.1 Å². The molecule has 12 heteroatoms. The van der Waals surface area contributed by atoms with Crippen LogP contribution in [0, 0.1) is 43.6 Å². The van der Waals surface area contributed by atoms with Crippen molar-refractivity contribution in [2.75, 3.05) is 7.11 Å². The van der Waals surface area contributed by atoms with Crippen LogP contribution in [0.5, 0.6) is 5.75 Å². The summed E-state index contributed by atoms with van der Waals surface area (Å²) in [6, 6.07) is 18.1. The highest BCUT2D eigenvalue weighted by Gasteiger charge is 2.78. The topological polar surface area (TPSA) is 167 Å². The van der Waals surface area contributed by atoms with Crippen molar-refractivity contribution in [2.24, 2.45) is 10.8 Å². The average molecular weight is 573 g/mol. The number of aromatic amines is 1. The first-order chi connectivity index (χ1) is 19.1. The minimum Gasteiger partial charge on any atom is -0.497 e. The van der Waals surface area contributed by atoms with Crippen LogP contribution in [-0.2, 0) is 9.59 Å². The lowest BCUT2D eigenvalue weighted by Crippen LogP contribution is -2.64. The largest absolute Gasteiger partial charge is 0.497 e. The number of rotatable bonds is 6. The number of halogens is 2. The number of allylic oxidation sites excluding steroid dienone is 4. The molecule has 3 aromatic rings. The molecule has 2 aromatic carbocycles. The SMILES string of the molecule is COc1ccc(-c2ccc(C3=C(C(=O)c4ccc([N+](=O)[O-])cc4)C4(C#N)C(=O)C(Cl)=C(Cl)C(=O)C34C#N)[nH]2)cc1. The van der Waals surface area contributed by atoms with Gasteiger partial charge in [-0.05, 0) is 54.1 Å². The molecule has 0 amide bonds. The van der Waals surface area contributed by atoms with Crippen LogP contribution in [0.1, 0.15) is 16.1 Å². The highest BCUT2D eigenvalue weighted by molar-refractivity contribution is 6.59. The summed E-state index contributed by atoms with van der Waals surface area (Å²) in [4.78, 5) is 54.5. The van der Waals surface area contributed by atoms with Crippen LogP contribution >= 0.6 is 23.2 Å². The molecule has 2 atom stereocenters. The predicted molar refractivity (Wildman–Crippen MR) is 142 cm³/mol. The highest BCUT2D eigenvalue weighted by atomic mass is 35.5. The van der Waals surface area contributed by atoms with Gasteiger partial charge >= 0.3 is 0 Å². The monoisotopic (exact) mass is 572 g/mol. The van der Waals surface area contributed by atoms with Gasteiger partial charge in [0.15, 0.2) is 16.6 Å². The molecule has 0 spiro atoms. The molecule has 0 fully saturated rings. The number of H-pyrrole nitrogens is 1. The second kappa shape index (κ2) is 9.31. The molecule has 0 radical (unpaired) electrons. The number of hydrogen-bond donors (Lipinski definition) is 1. The Morgan fingerprint density at radius 2 is 1.45 bits per heavy atom. The van der Waals surface area contributed by atoms with Gasteiger partial charge in [-0.1, -0.05) is 23.2 Å². The van der Waals surface area contributed by atoms with Crippen LogP contribution in [0.25, 0.3) is 16.8 Å². The summed E-state index contributed by atoms with van der Waals surface area (Å²) in [5.74, 6) is -2.54. The molecule has 10 nitrogen and oxygen atoms in total. The predicted octanol–water partition coefficient (Wildman–Crippen LogP) is 5.11. The van der Waals surface area contributed by atoms with Crippen molar-refractivity contribution < 1.29 is 24.0 Å². The lowest BCUT2D eigenvalue weighted by molar-refractivity contribution is -0.384. The number of ether oxygens (including phenoxy) is 1. The van der Waals surface area contributed by atoms with Gasteiger partial charge < -0.3 is 9.72 Å². The van der Waals surface area contributed by atoms with E-state index in [0.29, 0.717) is 17.0 Å². The van der Waals surface area contributed by atoms with Gasteiger partial charge in [-0.2, -0.15) is 10.5 Å². The molecule has 1 aromatic heterocycles. The van der Waals surface area contributed by atoms with E-state index in [1.54, 1.807) is 42.5 Å². The maximum absolute atomic E-state index is 13.9. The number of non-ortho nitro benzene ring substituents is 1. The van der Waals surface area contributed by atoms with Gasteiger partial charge in [0, 0.05) is 40.2 Å². The number of aromatic nitrogens is 1. The van der Waals surface area contributed by atoms with Crippen LogP contribution < -0.4 is 4.74 Å². The quantitative estimate of drug-likeness (QED) is 0.241. The van der Waals surface area contributed by atoms with Gasteiger partial charge in [-0.25, -0.2) is 0 Å². The number of carbonyl (C=O) groups is 3. The van der Waals surface area contributed by atoms with Crippen molar-refractivity contribution in [2.45, 2.75) is 0 Å². The lowest BCUT2D eigenvalue weighted by atomic mass is 9.41. The minimum absolute atomic E-state index is 0.113. The molecule has 0 aliphatic heterocycles. The number of nitro groups is 1. The van der Waals surface area contributed by atoms with E-state index in [-0.39, 0.29) is 22.5 Å². The second-order valence-corrected chi connectivity index (χ2v) is 9.66. The zero-order chi connectivity index (χ0) is 29.0. The molecule has 2 aliphatic rings. The number of methoxy groups -OCH3 is 1. The summed E-state index contributed by atoms with van der Waals surface area (Å²) >= 11 is 12.1. The summed E-state index contributed by atoms with van der Waals surface area (Å²) in [5.41, 5.74) is -4.81. The maximum atomic E-state index is 13.9. The first-order valence-electron chi connectivity index (χ1n) is 11.4. The van der Waals surface area contributed by atoms with Crippen LogP contribution in [0.4, 0.5) is 5.69 Å². The summed E-state index contributed by atoms with van der Waals surface area (Å²) in [5, 5.41) is 30.3. The Bertz CT molecular complexity index is 1810. The van der Waals surface area contributed by atoms with Gasteiger partial charge in [-0.3, -0.25) is 24.5 Å². The molecule has 196 valence electrons. The minimum atomic E-state index is -2.60. The van der Waals surface area contributed by atoms with E-state index in [9.17, 15) is 35.0 Å². The number of ketones is 3. The number of Topliss-reactive ketones (excluding diaryl/α,β-unsaturated/α-hetero) is 3. The smallest absolute Gasteiger partial charge is 0.269 e. The standard InChI is InChI=1S/C28H14Cl2N4O6/c1-40-17-8-4-14(5-9-17)18-10-11-19(33-18)20-21(24(35)15-2-6-16(7-3-15)34(38)39)28(13-32)26(37)23(30)22(29)25(36)27(20,28)12-31/h2-11,33H,1H3. The molecule has 5 rings (SSSR count). The number of benzene rings is 2. The van der Waals surface area contributed by atoms with Crippen LogP contribution in [0.2, 0.25) is 0 Å². The Labute approximate surface area is 235 Å². The van der Waals surface area contributed by atoms with Gasteiger partial charge in [0.1, 0.15) is 15.8 Å². The number of carbonyl (C=O) groups excluding carboxylic acids is 3. The number of nitrogens with zero attached hydrogens (tertiary/aromatic N) is 3. The van der Waals surface area contributed by atoms with Gasteiger partial charge in [0.25, 0.3) is 5.69 Å². The lowest BCUT2D eigenvalue weighted by Gasteiger charge is -2.52. The first kappa shape index (κ1) is 26.6. The molecular weight excluding hydrogens is 559 g/mol. The Morgan fingerprint density at radius 3 is 1.98 bits per heavy atom. The van der Waals surface area contributed by atoms with Crippen LogP contribution in [0.3, 0.4) is 0 Å². The first-order valence-corrected chi connectivity index (χ1v) is 12.2. The third kappa shape index (κ3) is 3.31. The third-order valence-electron chi connectivity index (χ3n) is 7.09. The molecular formula is C28H14Cl2N4O6. The van der Waals surface area contributed by atoms with Gasteiger partial charge in [0.2, 0.25) is 11.6 Å². The normalized spacial score (nSPS) is 21.7. The Kier molecular flexibility index (Phi) is 6.19. The molecule has 40 heavy (non-hydrogen) atoms. The number of nitrogens with one attached hydrogen (secondary N) is 1. The summed E-state index contributed by atoms with van der Waals surface area (Å²) in [7, 11) is 1.52. The molecule has 2 unspecified atom stereocenters. The molecule has 1 heterocycles. The summed E-state index contributed by atoms with van der Waals surface area (Å²) in [6.07, 6.45) is 0. The fourth-order valence-electron chi connectivity index (χ4n) is 5.14. The van der Waals surface area contributed by atoms with Crippen molar-refractivity contribution in [1.29, 1.82) is 10.5 Å².